The molecule has 4 nitrogen and oxygen atoms in total. The van der Waals surface area contributed by atoms with Crippen LogP contribution >= 0.6 is 8.73 Å². The molecule has 3 aliphatic rings. The molecule has 0 N–H and O–H groups in total. The summed E-state index contributed by atoms with van der Waals surface area (Å²) in [6.45, 7) is 1.66. The minimum atomic E-state index is -0.359. The number of piperidine rings is 1. The van der Waals surface area contributed by atoms with Crippen molar-refractivity contribution in [2.45, 2.75) is 50.6 Å². The van der Waals surface area contributed by atoms with Crippen molar-refractivity contribution in [1.29, 1.82) is 0 Å². The summed E-state index contributed by atoms with van der Waals surface area (Å²) >= 11 is 0. The first-order chi connectivity index (χ1) is 9.11. The van der Waals surface area contributed by atoms with Crippen LogP contribution in [0.5, 0.6) is 0 Å². The van der Waals surface area contributed by atoms with Crippen LogP contribution in [0.3, 0.4) is 0 Å². The predicted octanol–water partition coefficient (Wildman–Crippen LogP) is 1.99. The van der Waals surface area contributed by atoms with Gasteiger partial charge in [-0.2, -0.15) is 0 Å². The molecular weight excluding hydrogens is 259 g/mol. The summed E-state index contributed by atoms with van der Waals surface area (Å²) in [4.78, 5) is 26.7. The van der Waals surface area contributed by atoms with Crippen LogP contribution in [0.1, 0.15) is 44.9 Å². The molecule has 2 aliphatic heterocycles. The number of likely N-dealkylation sites (tertiary alicyclic amines) is 1. The number of nitrogens with zero attached hydrogens (tertiary/aromatic N) is 2. The zero-order valence-electron chi connectivity index (χ0n) is 11.7. The molecule has 3 rings (SSSR count). The predicted molar refractivity (Wildman–Crippen MR) is 76.2 cm³/mol. The summed E-state index contributed by atoms with van der Waals surface area (Å²) in [7, 11) is 2.52. The number of carbonyl (C=O) groups excluding carboxylic acids is 2. The molecular formula is C14H23N2O2P. The van der Waals surface area contributed by atoms with Crippen molar-refractivity contribution in [3.8, 4) is 0 Å². The van der Waals surface area contributed by atoms with E-state index in [4.69, 9.17) is 0 Å². The van der Waals surface area contributed by atoms with Gasteiger partial charge in [0.1, 0.15) is 0 Å². The molecule has 1 aliphatic carbocycles. The Morgan fingerprint density at radius 1 is 1.16 bits per heavy atom. The van der Waals surface area contributed by atoms with Gasteiger partial charge in [-0.15, -0.1) is 0 Å². The Hall–Kier alpha value is -0.630. The molecule has 2 saturated heterocycles. The monoisotopic (exact) mass is 282 g/mol. The van der Waals surface area contributed by atoms with Crippen LogP contribution < -0.4 is 0 Å². The highest BCUT2D eigenvalue weighted by Gasteiger charge is 2.47. The maximum Gasteiger partial charge on any atom is 0.232 e. The van der Waals surface area contributed by atoms with Gasteiger partial charge < -0.3 is 9.57 Å². The summed E-state index contributed by atoms with van der Waals surface area (Å²) in [5, 5.41) is 0. The zero-order valence-corrected chi connectivity index (χ0v) is 12.7. The van der Waals surface area contributed by atoms with Crippen molar-refractivity contribution in [2.75, 3.05) is 20.1 Å². The van der Waals surface area contributed by atoms with Crippen molar-refractivity contribution < 1.29 is 9.59 Å². The maximum absolute atomic E-state index is 12.9. The van der Waals surface area contributed by atoms with Crippen LogP contribution in [0.4, 0.5) is 0 Å². The van der Waals surface area contributed by atoms with Gasteiger partial charge in [0.2, 0.25) is 11.8 Å². The standard InChI is InChI=1S/C14H23N2O2P/c1-15-9-7-14(10-12(15)17)6-2-3-8-16(13(14)18)19-11-4-5-11/h11,19H,2-10H2,1H3. The average Bonchev–Trinajstić information content (AvgIpc) is 3.20. The molecule has 19 heavy (non-hydrogen) atoms. The maximum atomic E-state index is 12.9. The van der Waals surface area contributed by atoms with Crippen LogP contribution in [-0.2, 0) is 9.59 Å². The zero-order chi connectivity index (χ0) is 13.5. The molecule has 2 atom stereocenters. The SMILES string of the molecule is CN1CCC2(CCCCN(PC3CC3)C2=O)CC1=O. The summed E-state index contributed by atoms with van der Waals surface area (Å²) in [6.07, 6.45) is 6.99. The van der Waals surface area contributed by atoms with E-state index in [2.05, 4.69) is 4.67 Å². The first-order valence-electron chi connectivity index (χ1n) is 7.43. The Balaban J connectivity index is 1.77. The van der Waals surface area contributed by atoms with Crippen molar-refractivity contribution >= 4 is 20.5 Å². The van der Waals surface area contributed by atoms with Crippen LogP contribution in [-0.4, -0.2) is 47.2 Å². The molecule has 0 aromatic rings. The number of amides is 2. The summed E-state index contributed by atoms with van der Waals surface area (Å²) in [5.74, 6) is 0.438. The van der Waals surface area contributed by atoms with E-state index in [1.165, 1.54) is 12.8 Å². The fourth-order valence-corrected chi connectivity index (χ4v) is 4.71. The van der Waals surface area contributed by atoms with Crippen LogP contribution in [0.25, 0.3) is 0 Å². The van der Waals surface area contributed by atoms with Gasteiger partial charge in [0, 0.05) is 26.6 Å². The van der Waals surface area contributed by atoms with Gasteiger partial charge in [0.05, 0.1) is 5.41 Å². The van der Waals surface area contributed by atoms with Crippen LogP contribution in [0.2, 0.25) is 0 Å². The molecule has 2 heterocycles. The van der Waals surface area contributed by atoms with Gasteiger partial charge in [0.15, 0.2) is 0 Å². The Morgan fingerprint density at radius 3 is 2.63 bits per heavy atom. The second kappa shape index (κ2) is 5.05. The molecule has 1 spiro atoms. The Bertz CT molecular complexity index is 397. The molecule has 2 unspecified atom stereocenters. The lowest BCUT2D eigenvalue weighted by Crippen LogP contribution is -2.49. The van der Waals surface area contributed by atoms with Crippen molar-refractivity contribution in [3.63, 3.8) is 0 Å². The lowest BCUT2D eigenvalue weighted by Gasteiger charge is -2.40. The van der Waals surface area contributed by atoms with E-state index in [0.717, 1.165) is 44.4 Å². The third-order valence-corrected chi connectivity index (χ3v) is 6.42. The molecule has 1 saturated carbocycles. The molecule has 5 heteroatoms. The Kier molecular flexibility index (Phi) is 3.55. The number of hydrogen-bond donors (Lipinski definition) is 0. The second-order valence-electron chi connectivity index (χ2n) is 6.34. The molecule has 0 aromatic heterocycles. The highest BCUT2D eigenvalue weighted by atomic mass is 31.1. The number of rotatable bonds is 2. The first-order valence-corrected chi connectivity index (χ1v) is 8.45. The van der Waals surface area contributed by atoms with Crippen molar-refractivity contribution in [3.05, 3.63) is 0 Å². The second-order valence-corrected chi connectivity index (χ2v) is 7.95. The molecule has 2 amide bonds. The summed E-state index contributed by atoms with van der Waals surface area (Å²) in [6, 6.07) is 0. The molecule has 106 valence electrons. The van der Waals surface area contributed by atoms with E-state index in [0.29, 0.717) is 15.2 Å². The van der Waals surface area contributed by atoms with Gasteiger partial charge in [-0.1, -0.05) is 6.42 Å². The van der Waals surface area contributed by atoms with E-state index in [1.54, 1.807) is 4.90 Å². The topological polar surface area (TPSA) is 40.6 Å². The summed E-state index contributed by atoms with van der Waals surface area (Å²) < 4.78 is 2.10. The smallest absolute Gasteiger partial charge is 0.232 e. The minimum absolute atomic E-state index is 0.149. The summed E-state index contributed by atoms with van der Waals surface area (Å²) in [5.41, 5.74) is 0.406. The number of hydrogen-bond acceptors (Lipinski definition) is 2. The van der Waals surface area contributed by atoms with E-state index in [-0.39, 0.29) is 17.2 Å². The highest BCUT2D eigenvalue weighted by Crippen LogP contribution is 2.48. The van der Waals surface area contributed by atoms with E-state index in [9.17, 15) is 9.59 Å². The van der Waals surface area contributed by atoms with Crippen molar-refractivity contribution in [2.24, 2.45) is 5.41 Å². The quantitative estimate of drug-likeness (QED) is 0.727. The van der Waals surface area contributed by atoms with E-state index < -0.39 is 0 Å². The van der Waals surface area contributed by atoms with Gasteiger partial charge in [0.25, 0.3) is 0 Å². The fraction of sp³-hybridized carbons (Fsp3) is 0.857. The highest BCUT2D eigenvalue weighted by molar-refractivity contribution is 7.37. The first kappa shape index (κ1) is 13.4. The van der Waals surface area contributed by atoms with Crippen LogP contribution in [0.15, 0.2) is 0 Å². The Morgan fingerprint density at radius 2 is 1.95 bits per heavy atom. The normalized spacial score (nSPS) is 33.5. The third kappa shape index (κ3) is 2.65. The minimum Gasteiger partial charge on any atom is -0.346 e. The molecule has 3 fully saturated rings. The number of carbonyl (C=O) groups is 2. The van der Waals surface area contributed by atoms with Gasteiger partial charge in [-0.25, -0.2) is 0 Å². The lowest BCUT2D eigenvalue weighted by atomic mass is 9.74. The average molecular weight is 282 g/mol. The van der Waals surface area contributed by atoms with E-state index >= 15 is 0 Å². The molecule has 0 aromatic carbocycles. The molecule has 0 bridgehead atoms. The largest absolute Gasteiger partial charge is 0.346 e. The molecule has 0 radical (unpaired) electrons. The lowest BCUT2D eigenvalue weighted by molar-refractivity contribution is -0.149. The van der Waals surface area contributed by atoms with Gasteiger partial charge in [-0.05, 0) is 46.5 Å². The van der Waals surface area contributed by atoms with Crippen molar-refractivity contribution in [1.82, 2.24) is 9.57 Å². The Labute approximate surface area is 116 Å². The van der Waals surface area contributed by atoms with Gasteiger partial charge in [-0.3, -0.25) is 9.59 Å². The van der Waals surface area contributed by atoms with Gasteiger partial charge >= 0.3 is 0 Å². The van der Waals surface area contributed by atoms with Crippen LogP contribution in [0, 0.1) is 5.41 Å². The van der Waals surface area contributed by atoms with E-state index in [1.807, 2.05) is 7.05 Å². The third-order valence-electron chi connectivity index (χ3n) is 4.74. The fourth-order valence-electron chi connectivity index (χ4n) is 3.20.